The number of aliphatic hydroxyl groups is 1. The lowest BCUT2D eigenvalue weighted by Gasteiger charge is -2.05. The number of aliphatic hydroxyl groups excluding tert-OH is 1. The lowest BCUT2D eigenvalue weighted by Crippen LogP contribution is -2.26. The highest BCUT2D eigenvalue weighted by Crippen LogP contribution is 2.05. The molecule has 0 radical (unpaired) electrons. The van der Waals surface area contributed by atoms with Crippen LogP contribution in [0.2, 0.25) is 0 Å². The van der Waals surface area contributed by atoms with Crippen molar-refractivity contribution >= 4 is 11.6 Å². The van der Waals surface area contributed by atoms with Gasteiger partial charge in [0.1, 0.15) is 0 Å². The van der Waals surface area contributed by atoms with Gasteiger partial charge in [0, 0.05) is 19.3 Å². The van der Waals surface area contributed by atoms with Crippen molar-refractivity contribution in [3.05, 3.63) is 24.0 Å². The van der Waals surface area contributed by atoms with Gasteiger partial charge < -0.3 is 16.2 Å². The molecule has 0 spiro atoms. The summed E-state index contributed by atoms with van der Waals surface area (Å²) in [5.41, 5.74) is 6.21. The Labute approximate surface area is 88.3 Å². The third kappa shape index (κ3) is 3.55. The minimum Gasteiger partial charge on any atom is -0.397 e. The monoisotopic (exact) mass is 209 g/mol. The predicted octanol–water partition coefficient (Wildman–Crippen LogP) is 0.166. The molecule has 0 aromatic carbocycles. The predicted molar refractivity (Wildman–Crippen MR) is 57.3 cm³/mol. The highest BCUT2D eigenvalue weighted by molar-refractivity contribution is 5.96. The average Bonchev–Trinajstić information content (AvgIpc) is 2.25. The molecule has 0 fully saturated rings. The summed E-state index contributed by atoms with van der Waals surface area (Å²) in [7, 11) is 0. The number of nitrogen functional groups attached to an aromatic ring is 1. The lowest BCUT2D eigenvalue weighted by atomic mass is 10.2. The number of aromatic nitrogens is 1. The average molecular weight is 209 g/mol. The number of carbonyl (C=O) groups is 1. The lowest BCUT2D eigenvalue weighted by molar-refractivity contribution is 0.0948. The van der Waals surface area contributed by atoms with Crippen molar-refractivity contribution in [2.75, 3.05) is 18.9 Å². The standard InChI is InChI=1S/C10H15N3O2/c11-8-4-3-6-12-9(8)10(15)13-5-1-2-7-14/h3-4,6,14H,1-2,5,7,11H2,(H,13,15). The van der Waals surface area contributed by atoms with Crippen LogP contribution in [0, 0.1) is 0 Å². The molecule has 15 heavy (non-hydrogen) atoms. The second kappa shape index (κ2) is 5.98. The highest BCUT2D eigenvalue weighted by Gasteiger charge is 2.08. The summed E-state index contributed by atoms with van der Waals surface area (Å²) in [6.45, 7) is 0.664. The van der Waals surface area contributed by atoms with Crippen LogP contribution < -0.4 is 11.1 Å². The fraction of sp³-hybridized carbons (Fsp3) is 0.400. The molecule has 1 rings (SSSR count). The van der Waals surface area contributed by atoms with Gasteiger partial charge >= 0.3 is 0 Å². The molecule has 82 valence electrons. The second-order valence-electron chi connectivity index (χ2n) is 3.13. The summed E-state index contributed by atoms with van der Waals surface area (Å²) < 4.78 is 0. The number of carbonyl (C=O) groups excluding carboxylic acids is 1. The van der Waals surface area contributed by atoms with E-state index in [0.29, 0.717) is 18.7 Å². The quantitative estimate of drug-likeness (QED) is 0.603. The largest absolute Gasteiger partial charge is 0.397 e. The van der Waals surface area contributed by atoms with Gasteiger partial charge in [-0.25, -0.2) is 4.98 Å². The van der Waals surface area contributed by atoms with Crippen molar-refractivity contribution in [1.82, 2.24) is 10.3 Å². The Morgan fingerprint density at radius 3 is 3.00 bits per heavy atom. The van der Waals surface area contributed by atoms with Crippen LogP contribution in [-0.2, 0) is 0 Å². The summed E-state index contributed by atoms with van der Waals surface area (Å²) >= 11 is 0. The number of pyridine rings is 1. The van der Waals surface area contributed by atoms with Gasteiger partial charge in [0.2, 0.25) is 0 Å². The number of rotatable bonds is 5. The van der Waals surface area contributed by atoms with E-state index in [1.54, 1.807) is 12.1 Å². The van der Waals surface area contributed by atoms with E-state index in [1.807, 2.05) is 0 Å². The minimum absolute atomic E-state index is 0.140. The molecule has 0 aliphatic rings. The number of nitrogens with zero attached hydrogens (tertiary/aromatic N) is 1. The Kier molecular flexibility index (Phi) is 4.56. The Hall–Kier alpha value is -1.62. The van der Waals surface area contributed by atoms with Crippen LogP contribution in [-0.4, -0.2) is 29.1 Å². The number of nitrogens with two attached hydrogens (primary N) is 1. The second-order valence-corrected chi connectivity index (χ2v) is 3.13. The minimum atomic E-state index is -0.272. The highest BCUT2D eigenvalue weighted by atomic mass is 16.2. The van der Waals surface area contributed by atoms with E-state index in [2.05, 4.69) is 10.3 Å². The van der Waals surface area contributed by atoms with Crippen molar-refractivity contribution in [3.63, 3.8) is 0 Å². The van der Waals surface area contributed by atoms with E-state index in [4.69, 9.17) is 10.8 Å². The first-order valence-electron chi connectivity index (χ1n) is 4.85. The van der Waals surface area contributed by atoms with Crippen LogP contribution in [0.25, 0.3) is 0 Å². The molecule has 4 N–H and O–H groups in total. The van der Waals surface area contributed by atoms with Crippen molar-refractivity contribution in [1.29, 1.82) is 0 Å². The van der Waals surface area contributed by atoms with Gasteiger partial charge in [-0.05, 0) is 25.0 Å². The van der Waals surface area contributed by atoms with Gasteiger partial charge in [0.05, 0.1) is 5.69 Å². The van der Waals surface area contributed by atoms with E-state index in [0.717, 1.165) is 6.42 Å². The van der Waals surface area contributed by atoms with Crippen LogP contribution >= 0.6 is 0 Å². The molecule has 5 heteroatoms. The molecular formula is C10H15N3O2. The number of unbranched alkanes of at least 4 members (excludes halogenated alkanes) is 1. The SMILES string of the molecule is Nc1cccnc1C(=O)NCCCCO. The summed E-state index contributed by atoms with van der Waals surface area (Å²) in [6, 6.07) is 3.31. The zero-order valence-corrected chi connectivity index (χ0v) is 8.44. The van der Waals surface area contributed by atoms with Gasteiger partial charge in [-0.15, -0.1) is 0 Å². The number of nitrogens with one attached hydrogen (secondary N) is 1. The molecule has 1 aromatic heterocycles. The summed E-state index contributed by atoms with van der Waals surface area (Å²) in [5, 5.41) is 11.2. The van der Waals surface area contributed by atoms with Crippen LogP contribution in [0.15, 0.2) is 18.3 Å². The first-order chi connectivity index (χ1) is 7.25. The van der Waals surface area contributed by atoms with E-state index in [1.165, 1.54) is 6.20 Å². The van der Waals surface area contributed by atoms with Crippen molar-refractivity contribution in [2.24, 2.45) is 0 Å². The third-order valence-corrected chi connectivity index (χ3v) is 1.92. The van der Waals surface area contributed by atoms with E-state index in [-0.39, 0.29) is 18.2 Å². The molecule has 1 heterocycles. The molecule has 5 nitrogen and oxygen atoms in total. The summed E-state index contributed by atoms with van der Waals surface area (Å²) in [4.78, 5) is 15.4. The molecule has 0 bridgehead atoms. The summed E-state index contributed by atoms with van der Waals surface area (Å²) in [5.74, 6) is -0.272. The van der Waals surface area contributed by atoms with Crippen molar-refractivity contribution in [3.8, 4) is 0 Å². The smallest absolute Gasteiger partial charge is 0.272 e. The molecule has 1 amide bonds. The van der Waals surface area contributed by atoms with Crippen molar-refractivity contribution < 1.29 is 9.90 Å². The fourth-order valence-electron chi connectivity index (χ4n) is 1.13. The van der Waals surface area contributed by atoms with Gasteiger partial charge in [-0.1, -0.05) is 0 Å². The first-order valence-corrected chi connectivity index (χ1v) is 4.85. The Bertz CT molecular complexity index is 328. The maximum Gasteiger partial charge on any atom is 0.272 e. The van der Waals surface area contributed by atoms with E-state index in [9.17, 15) is 4.79 Å². The van der Waals surface area contributed by atoms with Crippen LogP contribution in [0.3, 0.4) is 0 Å². The number of hydrogen-bond donors (Lipinski definition) is 3. The molecular weight excluding hydrogens is 194 g/mol. The normalized spacial score (nSPS) is 9.93. The molecule has 0 atom stereocenters. The number of hydrogen-bond acceptors (Lipinski definition) is 4. The number of anilines is 1. The van der Waals surface area contributed by atoms with Gasteiger partial charge in [0.15, 0.2) is 5.69 Å². The van der Waals surface area contributed by atoms with Crippen LogP contribution in [0.4, 0.5) is 5.69 Å². The maximum atomic E-state index is 11.5. The number of amides is 1. The van der Waals surface area contributed by atoms with E-state index < -0.39 is 0 Å². The van der Waals surface area contributed by atoms with Gasteiger partial charge in [-0.2, -0.15) is 0 Å². The van der Waals surface area contributed by atoms with Crippen LogP contribution in [0.1, 0.15) is 23.3 Å². The molecule has 0 unspecified atom stereocenters. The topological polar surface area (TPSA) is 88.2 Å². The first kappa shape index (κ1) is 11.5. The molecule has 0 aliphatic heterocycles. The molecule has 0 aliphatic carbocycles. The Morgan fingerprint density at radius 2 is 2.33 bits per heavy atom. The molecule has 1 aromatic rings. The summed E-state index contributed by atoms with van der Waals surface area (Å²) in [6.07, 6.45) is 2.95. The zero-order valence-electron chi connectivity index (χ0n) is 8.44. The van der Waals surface area contributed by atoms with Gasteiger partial charge in [-0.3, -0.25) is 4.79 Å². The van der Waals surface area contributed by atoms with Crippen molar-refractivity contribution in [2.45, 2.75) is 12.8 Å². The Morgan fingerprint density at radius 1 is 1.53 bits per heavy atom. The fourth-order valence-corrected chi connectivity index (χ4v) is 1.13. The Balaban J connectivity index is 2.44. The van der Waals surface area contributed by atoms with Gasteiger partial charge in [0.25, 0.3) is 5.91 Å². The third-order valence-electron chi connectivity index (χ3n) is 1.92. The molecule has 0 saturated carbocycles. The van der Waals surface area contributed by atoms with Crippen LogP contribution in [0.5, 0.6) is 0 Å². The molecule has 0 saturated heterocycles. The maximum absolute atomic E-state index is 11.5. The zero-order chi connectivity index (χ0) is 11.1. The van der Waals surface area contributed by atoms with E-state index >= 15 is 0 Å².